The second-order valence-electron chi connectivity index (χ2n) is 5.77. The van der Waals surface area contributed by atoms with Crippen molar-refractivity contribution in [1.82, 2.24) is 5.32 Å². The number of halogens is 3. The van der Waals surface area contributed by atoms with E-state index in [1.54, 1.807) is 6.92 Å². The van der Waals surface area contributed by atoms with Crippen molar-refractivity contribution in [3.05, 3.63) is 34.4 Å². The van der Waals surface area contributed by atoms with Crippen LogP contribution in [0.15, 0.2) is 12.1 Å². The summed E-state index contributed by atoms with van der Waals surface area (Å²) in [6.07, 6.45) is 0.254. The Balaban J connectivity index is 1.95. The number of esters is 1. The fourth-order valence-corrected chi connectivity index (χ4v) is 4.69. The molecule has 10 heteroatoms. The van der Waals surface area contributed by atoms with Gasteiger partial charge in [-0.2, -0.15) is 0 Å². The molecular weight excluding hydrogens is 368 g/mol. The highest BCUT2D eigenvalue weighted by Crippen LogP contribution is 2.23. The summed E-state index contributed by atoms with van der Waals surface area (Å²) in [5.74, 6) is -4.54. The first-order chi connectivity index (χ1) is 11.0. The minimum Gasteiger partial charge on any atom is -0.452 e. The van der Waals surface area contributed by atoms with Crippen LogP contribution in [0.3, 0.4) is 0 Å². The van der Waals surface area contributed by atoms with E-state index < -0.39 is 51.1 Å². The normalized spacial score (nSPS) is 22.2. The maximum Gasteiger partial charge on any atom is 0.340 e. The molecule has 24 heavy (non-hydrogen) atoms. The molecular formula is C14H14ClF2NO5S. The quantitative estimate of drug-likeness (QED) is 0.630. The van der Waals surface area contributed by atoms with Gasteiger partial charge in [-0.25, -0.2) is 22.0 Å². The third kappa shape index (κ3) is 4.41. The highest BCUT2D eigenvalue weighted by Gasteiger charge is 2.39. The second-order valence-corrected chi connectivity index (χ2v) is 8.36. The zero-order valence-corrected chi connectivity index (χ0v) is 14.1. The van der Waals surface area contributed by atoms with Gasteiger partial charge in [0.05, 0.1) is 27.6 Å². The molecule has 0 spiro atoms. The van der Waals surface area contributed by atoms with E-state index in [1.807, 2.05) is 0 Å². The summed E-state index contributed by atoms with van der Waals surface area (Å²) in [7, 11) is -3.21. The lowest BCUT2D eigenvalue weighted by Gasteiger charge is -2.23. The average Bonchev–Trinajstić information content (AvgIpc) is 2.73. The number of carbonyl (C=O) groups is 2. The monoisotopic (exact) mass is 381 g/mol. The van der Waals surface area contributed by atoms with Crippen LogP contribution < -0.4 is 5.32 Å². The molecule has 1 N–H and O–H groups in total. The second kappa shape index (κ2) is 6.64. The van der Waals surface area contributed by atoms with Crippen LogP contribution in [0.2, 0.25) is 5.02 Å². The number of hydrogen-bond donors (Lipinski definition) is 1. The smallest absolute Gasteiger partial charge is 0.340 e. The highest BCUT2D eigenvalue weighted by atomic mass is 35.5. The molecule has 132 valence electrons. The van der Waals surface area contributed by atoms with Crippen molar-refractivity contribution in [2.24, 2.45) is 0 Å². The largest absolute Gasteiger partial charge is 0.452 e. The topological polar surface area (TPSA) is 89.5 Å². The van der Waals surface area contributed by atoms with Crippen LogP contribution in [0.25, 0.3) is 0 Å². The first-order valence-corrected chi connectivity index (χ1v) is 9.04. The van der Waals surface area contributed by atoms with E-state index in [0.29, 0.717) is 12.1 Å². The fraction of sp³-hybridized carbons (Fsp3) is 0.429. The molecule has 1 atom stereocenters. The van der Waals surface area contributed by atoms with Gasteiger partial charge in [0, 0.05) is 0 Å². The molecule has 2 rings (SSSR count). The van der Waals surface area contributed by atoms with Gasteiger partial charge in [-0.3, -0.25) is 4.79 Å². The van der Waals surface area contributed by atoms with Crippen molar-refractivity contribution in [1.29, 1.82) is 0 Å². The summed E-state index contributed by atoms with van der Waals surface area (Å²) < 4.78 is 53.7. The molecule has 0 aliphatic carbocycles. The molecule has 1 fully saturated rings. The predicted octanol–water partition coefficient (Wildman–Crippen LogP) is 1.47. The van der Waals surface area contributed by atoms with E-state index >= 15 is 0 Å². The van der Waals surface area contributed by atoms with E-state index in [-0.39, 0.29) is 22.9 Å². The Morgan fingerprint density at radius 1 is 1.33 bits per heavy atom. The molecule has 1 aliphatic rings. The van der Waals surface area contributed by atoms with Gasteiger partial charge in [0.1, 0.15) is 0 Å². The third-order valence-corrected chi connectivity index (χ3v) is 5.72. The van der Waals surface area contributed by atoms with Crippen molar-refractivity contribution < 1.29 is 31.5 Å². The molecule has 1 saturated heterocycles. The van der Waals surface area contributed by atoms with Gasteiger partial charge < -0.3 is 10.1 Å². The number of benzene rings is 1. The van der Waals surface area contributed by atoms with E-state index in [1.165, 1.54) is 0 Å². The van der Waals surface area contributed by atoms with E-state index in [9.17, 15) is 26.8 Å². The van der Waals surface area contributed by atoms with E-state index in [4.69, 9.17) is 16.3 Å². The number of amides is 1. The van der Waals surface area contributed by atoms with Crippen molar-refractivity contribution in [2.45, 2.75) is 18.9 Å². The Kier molecular flexibility index (Phi) is 5.14. The van der Waals surface area contributed by atoms with Gasteiger partial charge in [-0.05, 0) is 25.5 Å². The number of sulfone groups is 1. The van der Waals surface area contributed by atoms with Gasteiger partial charge >= 0.3 is 5.97 Å². The molecule has 1 heterocycles. The SMILES string of the molecule is C[C@]1(NC(=O)COC(=O)c2cc(F)c(F)cc2Cl)CCS(=O)(=O)C1. The van der Waals surface area contributed by atoms with Crippen LogP contribution in [-0.4, -0.2) is 43.9 Å². The Hall–Kier alpha value is -1.74. The predicted molar refractivity (Wildman–Crippen MR) is 81.5 cm³/mol. The minimum absolute atomic E-state index is 0.0337. The standard InChI is InChI=1S/C14H14ClF2NO5S/c1-14(2-3-24(21,22)7-14)18-12(19)6-23-13(20)8-4-10(16)11(17)5-9(8)15/h4-5H,2-3,6-7H2,1H3,(H,18,19)/t14-/m0/s1. The maximum atomic E-state index is 13.1. The van der Waals surface area contributed by atoms with Crippen molar-refractivity contribution in [3.63, 3.8) is 0 Å². The molecule has 1 aromatic rings. The highest BCUT2D eigenvalue weighted by molar-refractivity contribution is 7.91. The lowest BCUT2D eigenvalue weighted by molar-refractivity contribution is -0.125. The summed E-state index contributed by atoms with van der Waals surface area (Å²) in [5.41, 5.74) is -1.35. The molecule has 1 amide bonds. The molecule has 0 bridgehead atoms. The lowest BCUT2D eigenvalue weighted by atomic mass is 10.0. The summed E-state index contributed by atoms with van der Waals surface area (Å²) in [5, 5.41) is 2.14. The molecule has 0 radical (unpaired) electrons. The van der Waals surface area contributed by atoms with Crippen molar-refractivity contribution in [3.8, 4) is 0 Å². The van der Waals surface area contributed by atoms with E-state index in [0.717, 1.165) is 0 Å². The molecule has 0 aromatic heterocycles. The molecule has 6 nitrogen and oxygen atoms in total. The van der Waals surface area contributed by atoms with Crippen molar-refractivity contribution >= 4 is 33.3 Å². The summed E-state index contributed by atoms with van der Waals surface area (Å²) in [4.78, 5) is 23.6. The van der Waals surface area contributed by atoms with Gasteiger partial charge in [-0.15, -0.1) is 0 Å². The maximum absolute atomic E-state index is 13.1. The summed E-state index contributed by atoms with van der Waals surface area (Å²) in [6.45, 7) is 0.868. The first kappa shape index (κ1) is 18.6. The Morgan fingerprint density at radius 2 is 1.96 bits per heavy atom. The zero-order valence-electron chi connectivity index (χ0n) is 12.6. The Morgan fingerprint density at radius 3 is 2.54 bits per heavy atom. The molecule has 1 aliphatic heterocycles. The van der Waals surface area contributed by atoms with Gasteiger partial charge in [0.25, 0.3) is 5.91 Å². The molecule has 1 aromatic carbocycles. The summed E-state index contributed by atoms with van der Waals surface area (Å²) >= 11 is 5.63. The van der Waals surface area contributed by atoms with Crippen LogP contribution in [-0.2, 0) is 19.4 Å². The van der Waals surface area contributed by atoms with Crippen molar-refractivity contribution in [2.75, 3.05) is 18.1 Å². The lowest BCUT2D eigenvalue weighted by Crippen LogP contribution is -2.48. The van der Waals surface area contributed by atoms with Gasteiger partial charge in [-0.1, -0.05) is 11.6 Å². The Labute approximate surface area is 142 Å². The van der Waals surface area contributed by atoms with Crippen LogP contribution >= 0.6 is 11.6 Å². The molecule has 0 unspecified atom stereocenters. The first-order valence-electron chi connectivity index (χ1n) is 6.84. The van der Waals surface area contributed by atoms with Gasteiger partial charge in [0.15, 0.2) is 28.1 Å². The van der Waals surface area contributed by atoms with Crippen LogP contribution in [0.1, 0.15) is 23.7 Å². The van der Waals surface area contributed by atoms with Crippen LogP contribution in [0.4, 0.5) is 8.78 Å². The minimum atomic E-state index is -3.21. The van der Waals surface area contributed by atoms with E-state index in [2.05, 4.69) is 5.32 Å². The molecule has 0 saturated carbocycles. The van der Waals surface area contributed by atoms with Crippen LogP contribution in [0, 0.1) is 11.6 Å². The zero-order chi connectivity index (χ0) is 18.1. The average molecular weight is 382 g/mol. The number of rotatable bonds is 4. The number of ether oxygens (including phenoxy) is 1. The fourth-order valence-electron chi connectivity index (χ4n) is 2.37. The Bertz CT molecular complexity index is 799. The third-order valence-electron chi connectivity index (χ3n) is 3.51. The van der Waals surface area contributed by atoms with Crippen LogP contribution in [0.5, 0.6) is 0 Å². The van der Waals surface area contributed by atoms with Gasteiger partial charge in [0.2, 0.25) is 0 Å². The number of nitrogens with one attached hydrogen (secondary N) is 1. The number of carbonyl (C=O) groups excluding carboxylic acids is 2. The number of hydrogen-bond acceptors (Lipinski definition) is 5. The summed E-state index contributed by atoms with van der Waals surface area (Å²) in [6, 6.07) is 1.20.